The lowest BCUT2D eigenvalue weighted by molar-refractivity contribution is -0.384. The number of rotatable bonds is 5. The predicted molar refractivity (Wildman–Crippen MR) is 89.3 cm³/mol. The molecular weight excluding hydrogens is 296 g/mol. The molecule has 0 atom stereocenters. The van der Waals surface area contributed by atoms with Crippen molar-refractivity contribution in [2.75, 3.05) is 6.54 Å². The number of aliphatic imine (C=N–C) groups is 1. The van der Waals surface area contributed by atoms with E-state index in [1.165, 1.54) is 12.1 Å². The van der Waals surface area contributed by atoms with Crippen molar-refractivity contribution in [3.05, 3.63) is 39.9 Å². The molecular formula is C16H24N4O3. The molecule has 3 N–H and O–H groups in total. The first kappa shape index (κ1) is 17.2. The number of hydrogen-bond acceptors (Lipinski definition) is 4. The van der Waals surface area contributed by atoms with Crippen LogP contribution in [0.2, 0.25) is 0 Å². The average molecular weight is 320 g/mol. The Morgan fingerprint density at radius 2 is 1.96 bits per heavy atom. The lowest BCUT2D eigenvalue weighted by Crippen LogP contribution is -2.45. The summed E-state index contributed by atoms with van der Waals surface area (Å²) in [5, 5.41) is 26.8. The number of non-ortho nitro benzene ring substituents is 1. The van der Waals surface area contributed by atoms with Crippen molar-refractivity contribution in [3.63, 3.8) is 0 Å². The Morgan fingerprint density at radius 3 is 2.52 bits per heavy atom. The predicted octanol–water partition coefficient (Wildman–Crippen LogP) is 1.95. The van der Waals surface area contributed by atoms with Crippen molar-refractivity contribution in [3.8, 4) is 0 Å². The van der Waals surface area contributed by atoms with E-state index in [4.69, 9.17) is 0 Å². The summed E-state index contributed by atoms with van der Waals surface area (Å²) in [6, 6.07) is 6.76. The molecule has 7 nitrogen and oxygen atoms in total. The molecule has 0 aromatic heterocycles. The van der Waals surface area contributed by atoms with Crippen molar-refractivity contribution in [1.82, 2.24) is 10.6 Å². The molecule has 1 aromatic rings. The second-order valence-corrected chi connectivity index (χ2v) is 5.77. The van der Waals surface area contributed by atoms with Crippen molar-refractivity contribution in [2.45, 2.75) is 51.3 Å². The Kier molecular flexibility index (Phi) is 6.34. The Balaban J connectivity index is 1.93. The van der Waals surface area contributed by atoms with Crippen molar-refractivity contribution in [2.24, 2.45) is 4.99 Å². The van der Waals surface area contributed by atoms with E-state index in [2.05, 4.69) is 15.6 Å². The number of aliphatic hydroxyl groups is 1. The quantitative estimate of drug-likeness (QED) is 0.333. The smallest absolute Gasteiger partial charge is 0.269 e. The van der Waals surface area contributed by atoms with Crippen LogP contribution in [0.5, 0.6) is 0 Å². The van der Waals surface area contributed by atoms with Crippen LogP contribution < -0.4 is 10.6 Å². The molecule has 1 saturated carbocycles. The van der Waals surface area contributed by atoms with Gasteiger partial charge in [-0.2, -0.15) is 0 Å². The van der Waals surface area contributed by atoms with Crippen LogP contribution >= 0.6 is 0 Å². The molecule has 1 aliphatic carbocycles. The van der Waals surface area contributed by atoms with E-state index in [0.29, 0.717) is 12.6 Å². The molecule has 0 aliphatic heterocycles. The van der Waals surface area contributed by atoms with Gasteiger partial charge in [-0.25, -0.2) is 4.99 Å². The fourth-order valence-corrected chi connectivity index (χ4v) is 2.63. The second-order valence-electron chi connectivity index (χ2n) is 5.77. The summed E-state index contributed by atoms with van der Waals surface area (Å²) in [6.07, 6.45) is 3.33. The Bertz CT molecular complexity index is 537. The molecule has 1 fully saturated rings. The first-order chi connectivity index (χ1) is 11.1. The largest absolute Gasteiger partial charge is 0.393 e. The molecule has 0 radical (unpaired) electrons. The monoisotopic (exact) mass is 320 g/mol. The van der Waals surface area contributed by atoms with Gasteiger partial charge in [0.2, 0.25) is 0 Å². The van der Waals surface area contributed by atoms with Crippen LogP contribution in [0.25, 0.3) is 0 Å². The number of hydrogen-bond donors (Lipinski definition) is 3. The number of aliphatic hydroxyl groups excluding tert-OH is 1. The topological polar surface area (TPSA) is 99.8 Å². The minimum absolute atomic E-state index is 0.0866. The van der Waals surface area contributed by atoms with E-state index in [0.717, 1.165) is 43.8 Å². The van der Waals surface area contributed by atoms with Crippen LogP contribution in [0.1, 0.15) is 38.2 Å². The maximum Gasteiger partial charge on any atom is 0.269 e. The number of nitrogens with zero attached hydrogens (tertiary/aromatic N) is 2. The molecule has 0 unspecified atom stereocenters. The zero-order valence-electron chi connectivity index (χ0n) is 13.4. The van der Waals surface area contributed by atoms with Gasteiger partial charge in [0.1, 0.15) is 0 Å². The Labute approximate surface area is 136 Å². The highest BCUT2D eigenvalue weighted by atomic mass is 16.6. The van der Waals surface area contributed by atoms with Gasteiger partial charge in [0.15, 0.2) is 5.96 Å². The maximum atomic E-state index is 10.6. The number of nitro benzene ring substituents is 1. The van der Waals surface area contributed by atoms with Gasteiger partial charge in [-0.15, -0.1) is 0 Å². The molecule has 1 aromatic carbocycles. The Morgan fingerprint density at radius 1 is 1.30 bits per heavy atom. The first-order valence-corrected chi connectivity index (χ1v) is 8.04. The van der Waals surface area contributed by atoms with Gasteiger partial charge >= 0.3 is 0 Å². The minimum atomic E-state index is -0.407. The molecule has 1 aliphatic rings. The zero-order valence-corrected chi connectivity index (χ0v) is 13.4. The van der Waals surface area contributed by atoms with Crippen molar-refractivity contribution in [1.29, 1.82) is 0 Å². The van der Waals surface area contributed by atoms with Gasteiger partial charge in [0.05, 0.1) is 17.6 Å². The zero-order chi connectivity index (χ0) is 16.7. The van der Waals surface area contributed by atoms with Gasteiger partial charge in [0, 0.05) is 24.7 Å². The van der Waals surface area contributed by atoms with Crippen molar-refractivity contribution < 1.29 is 10.0 Å². The fraction of sp³-hybridized carbons (Fsp3) is 0.562. The molecule has 0 saturated heterocycles. The second kappa shape index (κ2) is 8.47. The highest BCUT2D eigenvalue weighted by molar-refractivity contribution is 5.80. The lowest BCUT2D eigenvalue weighted by atomic mass is 9.93. The average Bonchev–Trinajstić information content (AvgIpc) is 2.55. The van der Waals surface area contributed by atoms with E-state index < -0.39 is 4.92 Å². The van der Waals surface area contributed by atoms with Gasteiger partial charge in [-0.3, -0.25) is 10.1 Å². The third kappa shape index (κ3) is 5.52. The number of nitrogens with one attached hydrogen (secondary N) is 2. The Hall–Kier alpha value is -2.15. The number of guanidine groups is 1. The summed E-state index contributed by atoms with van der Waals surface area (Å²) in [4.78, 5) is 14.8. The first-order valence-electron chi connectivity index (χ1n) is 8.04. The molecule has 0 heterocycles. The minimum Gasteiger partial charge on any atom is -0.393 e. The van der Waals surface area contributed by atoms with Gasteiger partial charge in [-0.1, -0.05) is 12.1 Å². The van der Waals surface area contributed by atoms with E-state index in [9.17, 15) is 15.2 Å². The number of nitro groups is 1. The van der Waals surface area contributed by atoms with E-state index in [-0.39, 0.29) is 11.8 Å². The third-order valence-corrected chi connectivity index (χ3v) is 3.95. The van der Waals surface area contributed by atoms with E-state index in [1.54, 1.807) is 12.1 Å². The number of benzene rings is 1. The summed E-state index contributed by atoms with van der Waals surface area (Å²) < 4.78 is 0. The molecule has 23 heavy (non-hydrogen) atoms. The molecule has 0 amide bonds. The van der Waals surface area contributed by atoms with Gasteiger partial charge < -0.3 is 15.7 Å². The van der Waals surface area contributed by atoms with E-state index in [1.807, 2.05) is 6.92 Å². The van der Waals surface area contributed by atoms with Crippen LogP contribution in [-0.4, -0.2) is 34.7 Å². The fourth-order valence-electron chi connectivity index (χ4n) is 2.63. The van der Waals surface area contributed by atoms with Gasteiger partial charge in [-0.05, 0) is 38.2 Å². The van der Waals surface area contributed by atoms with Crippen molar-refractivity contribution >= 4 is 11.6 Å². The summed E-state index contributed by atoms with van der Waals surface area (Å²) in [6.45, 7) is 3.23. The molecule has 7 heteroatoms. The summed E-state index contributed by atoms with van der Waals surface area (Å²) in [5.74, 6) is 0.743. The van der Waals surface area contributed by atoms with Crippen LogP contribution in [0.3, 0.4) is 0 Å². The van der Waals surface area contributed by atoms with Gasteiger partial charge in [0.25, 0.3) is 5.69 Å². The SMILES string of the molecule is CCNC(=NCc1ccc([N+](=O)[O-])cc1)NC1CCC(O)CC1. The highest BCUT2D eigenvalue weighted by Crippen LogP contribution is 2.18. The maximum absolute atomic E-state index is 10.6. The van der Waals surface area contributed by atoms with Crippen LogP contribution in [0.15, 0.2) is 29.3 Å². The summed E-state index contributed by atoms with van der Waals surface area (Å²) in [7, 11) is 0. The molecule has 126 valence electrons. The molecule has 0 spiro atoms. The van der Waals surface area contributed by atoms with Crippen LogP contribution in [-0.2, 0) is 6.54 Å². The third-order valence-electron chi connectivity index (χ3n) is 3.95. The summed E-state index contributed by atoms with van der Waals surface area (Å²) >= 11 is 0. The molecule has 2 rings (SSSR count). The van der Waals surface area contributed by atoms with Crippen LogP contribution in [0, 0.1) is 10.1 Å². The van der Waals surface area contributed by atoms with E-state index >= 15 is 0 Å². The standard InChI is InChI=1S/C16H24N4O3/c1-2-17-16(19-13-5-9-15(21)10-6-13)18-11-12-3-7-14(8-4-12)20(22)23/h3-4,7-8,13,15,21H,2,5-6,9-11H2,1H3,(H2,17,18,19). The molecule has 0 bridgehead atoms. The normalized spacial score (nSPS) is 21.7. The lowest BCUT2D eigenvalue weighted by Gasteiger charge is -2.27. The van der Waals surface area contributed by atoms with Crippen LogP contribution in [0.4, 0.5) is 5.69 Å². The summed E-state index contributed by atoms with van der Waals surface area (Å²) in [5.41, 5.74) is 1.01. The highest BCUT2D eigenvalue weighted by Gasteiger charge is 2.19.